The molecule has 0 radical (unpaired) electrons. The Morgan fingerprint density at radius 3 is 1.21 bits per heavy atom. The molecule has 0 spiro atoms. The van der Waals surface area contributed by atoms with E-state index in [1.54, 1.807) is 0 Å². The summed E-state index contributed by atoms with van der Waals surface area (Å²) in [5.41, 5.74) is 2.62. The van der Waals surface area contributed by atoms with Crippen molar-refractivity contribution in [1.82, 2.24) is 10.6 Å². The average molecular weight is 587 g/mol. The van der Waals surface area contributed by atoms with Crippen molar-refractivity contribution in [2.24, 2.45) is 0 Å². The van der Waals surface area contributed by atoms with Crippen LogP contribution in [0.15, 0.2) is 48.5 Å². The van der Waals surface area contributed by atoms with Crippen LogP contribution in [0.25, 0.3) is 0 Å². The van der Waals surface area contributed by atoms with Gasteiger partial charge in [-0.25, -0.2) is 0 Å². The summed E-state index contributed by atoms with van der Waals surface area (Å²) in [5, 5.41) is 6.94. The Hall–Kier alpha value is -2.03. The van der Waals surface area contributed by atoms with Crippen LogP contribution < -0.4 is 20.1 Å². The summed E-state index contributed by atoms with van der Waals surface area (Å²) in [6.45, 7) is 10.0. The van der Waals surface area contributed by atoms with Crippen molar-refractivity contribution in [3.05, 3.63) is 59.7 Å². The average Bonchev–Trinajstić information content (AvgIpc) is 2.86. The molecule has 2 rings (SSSR count). The summed E-state index contributed by atoms with van der Waals surface area (Å²) < 4.78 is 70.9. The number of hydrogen-bond donors (Lipinski definition) is 2. The molecule has 0 aliphatic carbocycles. The van der Waals surface area contributed by atoms with E-state index < -0.39 is 7.81 Å². The van der Waals surface area contributed by atoms with E-state index in [0.29, 0.717) is 0 Å². The van der Waals surface area contributed by atoms with E-state index in [9.17, 15) is 25.2 Å². The first-order valence-electron chi connectivity index (χ1n) is 13.7. The first-order valence-corrected chi connectivity index (χ1v) is 15.7. The van der Waals surface area contributed by atoms with Crippen LogP contribution in [-0.2, 0) is 13.1 Å². The van der Waals surface area contributed by atoms with Gasteiger partial charge in [0.1, 0.15) is 11.5 Å². The van der Waals surface area contributed by atoms with E-state index in [0.717, 1.165) is 63.7 Å². The van der Waals surface area contributed by atoms with E-state index >= 15 is 0 Å². The van der Waals surface area contributed by atoms with Crippen molar-refractivity contribution in [2.45, 2.75) is 78.3 Å². The van der Waals surface area contributed by atoms with Crippen molar-refractivity contribution in [3.63, 3.8) is 0 Å². The Balaban J connectivity index is 0.00000168. The number of benzene rings is 2. The van der Waals surface area contributed by atoms with Crippen LogP contribution in [0.1, 0.15) is 77.8 Å². The molecule has 0 aromatic heterocycles. The Morgan fingerprint density at radius 2 is 0.897 bits per heavy atom. The van der Waals surface area contributed by atoms with Gasteiger partial charge in [-0.1, -0.05) is 51.0 Å². The first-order chi connectivity index (χ1) is 18.3. The van der Waals surface area contributed by atoms with Gasteiger partial charge in [-0.3, -0.25) is 0 Å². The van der Waals surface area contributed by atoms with E-state index in [1.165, 1.54) is 49.7 Å². The van der Waals surface area contributed by atoms with Gasteiger partial charge in [-0.05, 0) is 87.0 Å². The molecule has 39 heavy (non-hydrogen) atoms. The first kappa shape index (κ1) is 35.0. The maximum atomic E-state index is 9.87. The van der Waals surface area contributed by atoms with Crippen LogP contribution >= 0.6 is 7.81 Å². The van der Waals surface area contributed by atoms with Crippen molar-refractivity contribution >= 4 is 7.81 Å². The maximum Gasteiger partial charge on any atom is 1.00 e. The molecule has 0 aliphatic heterocycles. The smallest absolute Gasteiger partial charge is 1.00 e. The van der Waals surface area contributed by atoms with Gasteiger partial charge in [0.15, 0.2) is 0 Å². The topological polar surface area (TPSA) is 42.5 Å². The van der Waals surface area contributed by atoms with E-state index in [2.05, 4.69) is 73.0 Å². The third-order valence-electron chi connectivity index (χ3n) is 5.50. The summed E-state index contributed by atoms with van der Waals surface area (Å²) in [6, 6.07) is 16.9. The van der Waals surface area contributed by atoms with E-state index in [-0.39, 0.29) is 1.43 Å². The molecular weight excluding hydrogens is 541 g/mol. The molecule has 0 saturated heterocycles. The Kier molecular flexibility index (Phi) is 15.2. The molecule has 2 N–H and O–H groups in total. The van der Waals surface area contributed by atoms with Crippen LogP contribution in [0.4, 0.5) is 25.2 Å². The number of ether oxygens (including phenoxy) is 2. The van der Waals surface area contributed by atoms with Gasteiger partial charge in [-0.2, -0.15) is 0 Å². The van der Waals surface area contributed by atoms with Gasteiger partial charge in [0.05, 0.1) is 13.2 Å². The molecule has 0 atom stereocenters. The Morgan fingerprint density at radius 1 is 0.564 bits per heavy atom. The third-order valence-corrected chi connectivity index (χ3v) is 5.50. The molecule has 226 valence electrons. The maximum absolute atomic E-state index is 10.7. The quantitative estimate of drug-likeness (QED) is 0.0977. The number of hydrogen-bond acceptors (Lipinski definition) is 4. The normalized spacial score (nSPS) is 13.1. The minimum Gasteiger partial charge on any atom is 1.00 e. The van der Waals surface area contributed by atoms with Crippen LogP contribution in [0, 0.1) is 0 Å². The van der Waals surface area contributed by atoms with Gasteiger partial charge in [-0.15, -0.1) is 0 Å². The van der Waals surface area contributed by atoms with Crippen LogP contribution in [-0.4, -0.2) is 26.3 Å². The molecule has 2 aromatic rings. The molecule has 2 aromatic carbocycles. The van der Waals surface area contributed by atoms with Crippen LogP contribution in [0.2, 0.25) is 0 Å². The summed E-state index contributed by atoms with van der Waals surface area (Å²) in [7, 11) is -10.7. The van der Waals surface area contributed by atoms with Crippen LogP contribution in [0.3, 0.4) is 0 Å². The van der Waals surface area contributed by atoms with Crippen LogP contribution in [0.5, 0.6) is 11.5 Å². The number of unbranched alkanes of at least 4 members (excludes halogenated alkanes) is 5. The minimum atomic E-state index is -10.7. The zero-order valence-electron chi connectivity index (χ0n) is 24.0. The molecule has 4 nitrogen and oxygen atoms in total. The van der Waals surface area contributed by atoms with Crippen molar-refractivity contribution < 1.29 is 36.1 Å². The fourth-order valence-corrected chi connectivity index (χ4v) is 3.41. The fourth-order valence-electron chi connectivity index (χ4n) is 3.41. The number of rotatable bonds is 19. The largest absolute Gasteiger partial charge is 1.00 e. The zero-order valence-corrected chi connectivity index (χ0v) is 23.9. The molecule has 0 amide bonds. The monoisotopic (exact) mass is 586 g/mol. The predicted octanol–water partition coefficient (Wildman–Crippen LogP) is 9.98. The molecular formula is C28H45F6N2O2P. The summed E-state index contributed by atoms with van der Waals surface area (Å²) in [4.78, 5) is 0. The van der Waals surface area contributed by atoms with Crippen molar-refractivity contribution in [3.8, 4) is 11.5 Å². The SMILES string of the molecule is CCCCNCc1ccc(OCCCCCCOc2ccc(CNCCCC)cc2)cc1.F[P-](F)(F)(F)(F)F.[H+]. The second-order valence-electron chi connectivity index (χ2n) is 9.42. The third kappa shape index (κ3) is 24.7. The summed E-state index contributed by atoms with van der Waals surface area (Å²) in [5.74, 6) is 1.93. The molecule has 0 fully saturated rings. The second kappa shape index (κ2) is 16.9. The molecule has 0 aliphatic rings. The summed E-state index contributed by atoms with van der Waals surface area (Å²) >= 11 is 0. The second-order valence-corrected chi connectivity index (χ2v) is 11.3. The Bertz CT molecular complexity index is 829. The molecule has 0 heterocycles. The van der Waals surface area contributed by atoms with Gasteiger partial charge in [0.2, 0.25) is 0 Å². The molecule has 0 saturated carbocycles. The van der Waals surface area contributed by atoms with E-state index in [4.69, 9.17) is 9.47 Å². The summed E-state index contributed by atoms with van der Waals surface area (Å²) in [6.07, 6.45) is 9.45. The van der Waals surface area contributed by atoms with Gasteiger partial charge >= 0.3 is 34.4 Å². The standard InChI is InChI=1S/C28H44N2O2.F6P/c1-3-5-19-29-23-25-11-15-27(16-12-25)31-21-9-7-8-10-22-32-28-17-13-26(14-18-28)24-30-20-6-4-2;1-7(2,3,4,5)6/h11-18,29-30H,3-10,19-24H2,1-2H3;/q;-1/p+1. The predicted molar refractivity (Wildman–Crippen MR) is 150 cm³/mol. The number of halogens is 6. The van der Waals surface area contributed by atoms with Crippen molar-refractivity contribution in [2.75, 3.05) is 26.3 Å². The molecule has 0 bridgehead atoms. The van der Waals surface area contributed by atoms with Crippen molar-refractivity contribution in [1.29, 1.82) is 0 Å². The zero-order chi connectivity index (χ0) is 29.1. The van der Waals surface area contributed by atoms with Gasteiger partial charge < -0.3 is 20.1 Å². The van der Waals surface area contributed by atoms with Gasteiger partial charge in [0, 0.05) is 13.1 Å². The van der Waals surface area contributed by atoms with Gasteiger partial charge in [0.25, 0.3) is 0 Å². The molecule has 0 unspecified atom stereocenters. The van der Waals surface area contributed by atoms with E-state index in [1.807, 2.05) is 0 Å². The minimum absolute atomic E-state index is 0. The number of nitrogens with one attached hydrogen (secondary N) is 2. The fraction of sp³-hybridized carbons (Fsp3) is 0.571. The Labute approximate surface area is 230 Å². The molecule has 11 heteroatoms.